The number of aromatic nitrogens is 3. The van der Waals surface area contributed by atoms with Crippen molar-refractivity contribution in [3.05, 3.63) is 41.8 Å². The van der Waals surface area contributed by atoms with Crippen LogP contribution in [0, 0.1) is 6.92 Å². The summed E-state index contributed by atoms with van der Waals surface area (Å²) in [6.45, 7) is 1.85. The first-order valence-corrected chi connectivity index (χ1v) is 5.69. The number of hydrogen-bond acceptors (Lipinski definition) is 5. The predicted octanol–water partition coefficient (Wildman–Crippen LogP) is 2.08. The topological polar surface area (TPSA) is 69.6 Å². The number of rotatable bonds is 2. The molecule has 0 radical (unpaired) electrons. The molecule has 0 aromatic carbocycles. The Morgan fingerprint density at radius 1 is 1.37 bits per heavy atom. The van der Waals surface area contributed by atoms with Gasteiger partial charge >= 0.3 is 5.97 Å². The average molecular weight is 257 g/mol. The van der Waals surface area contributed by atoms with Gasteiger partial charge in [-0.15, -0.1) is 5.10 Å². The average Bonchev–Trinajstić information content (AvgIpc) is 3.02. The van der Waals surface area contributed by atoms with E-state index in [-0.39, 0.29) is 0 Å². The van der Waals surface area contributed by atoms with Gasteiger partial charge in [0.2, 0.25) is 5.82 Å². The standard InChI is InChI=1S/C13H11N3O3/c1-8-5-6-10(19-8)11-14-12-9(13(17)18-2)4-3-7-16(12)15-11/h3-7H,1-2H3. The summed E-state index contributed by atoms with van der Waals surface area (Å²) in [6.07, 6.45) is 1.72. The third-order valence-electron chi connectivity index (χ3n) is 2.73. The number of fused-ring (bicyclic) bond motifs is 1. The molecule has 0 atom stereocenters. The molecule has 0 unspecified atom stereocenters. The lowest BCUT2D eigenvalue weighted by atomic mass is 10.3. The molecule has 0 saturated carbocycles. The quantitative estimate of drug-likeness (QED) is 0.657. The molecule has 0 fully saturated rings. The summed E-state index contributed by atoms with van der Waals surface area (Å²) in [7, 11) is 1.33. The van der Waals surface area contributed by atoms with Gasteiger partial charge in [0.1, 0.15) is 11.3 Å². The number of aryl methyl sites for hydroxylation is 1. The maximum Gasteiger partial charge on any atom is 0.341 e. The Kier molecular flexibility index (Phi) is 2.56. The van der Waals surface area contributed by atoms with E-state index in [0.29, 0.717) is 22.8 Å². The van der Waals surface area contributed by atoms with Gasteiger partial charge in [-0.25, -0.2) is 14.3 Å². The first-order chi connectivity index (χ1) is 9.19. The summed E-state index contributed by atoms with van der Waals surface area (Å²) in [5.41, 5.74) is 0.811. The lowest BCUT2D eigenvalue weighted by Crippen LogP contribution is -2.04. The van der Waals surface area contributed by atoms with Gasteiger partial charge in [-0.2, -0.15) is 0 Å². The number of pyridine rings is 1. The Morgan fingerprint density at radius 2 is 2.21 bits per heavy atom. The van der Waals surface area contributed by atoms with Crippen molar-refractivity contribution in [2.75, 3.05) is 7.11 Å². The van der Waals surface area contributed by atoms with Crippen LogP contribution >= 0.6 is 0 Å². The van der Waals surface area contributed by atoms with Crippen molar-refractivity contribution in [2.45, 2.75) is 6.92 Å². The summed E-state index contributed by atoms with van der Waals surface area (Å²) in [5, 5.41) is 4.28. The number of methoxy groups -OCH3 is 1. The predicted molar refractivity (Wildman–Crippen MR) is 66.8 cm³/mol. The van der Waals surface area contributed by atoms with Crippen molar-refractivity contribution in [1.82, 2.24) is 14.6 Å². The minimum atomic E-state index is -0.444. The van der Waals surface area contributed by atoms with Gasteiger partial charge in [0.15, 0.2) is 11.4 Å². The molecule has 19 heavy (non-hydrogen) atoms. The highest BCUT2D eigenvalue weighted by Crippen LogP contribution is 2.20. The van der Waals surface area contributed by atoms with Crippen molar-refractivity contribution in [2.24, 2.45) is 0 Å². The minimum absolute atomic E-state index is 0.368. The number of carbonyl (C=O) groups excluding carboxylic acids is 1. The molecule has 6 nitrogen and oxygen atoms in total. The second kappa shape index (κ2) is 4.24. The van der Waals surface area contributed by atoms with Crippen LogP contribution in [-0.4, -0.2) is 27.7 Å². The Labute approximate surface area is 108 Å². The fourth-order valence-electron chi connectivity index (χ4n) is 1.83. The second-order valence-electron chi connectivity index (χ2n) is 4.03. The lowest BCUT2D eigenvalue weighted by molar-refractivity contribution is 0.0602. The third-order valence-corrected chi connectivity index (χ3v) is 2.73. The van der Waals surface area contributed by atoms with Gasteiger partial charge in [-0.3, -0.25) is 0 Å². The summed E-state index contributed by atoms with van der Waals surface area (Å²) >= 11 is 0. The molecule has 0 aliphatic rings. The van der Waals surface area contributed by atoms with Crippen molar-refractivity contribution in [1.29, 1.82) is 0 Å². The smallest absolute Gasteiger partial charge is 0.341 e. The number of esters is 1. The number of carbonyl (C=O) groups is 1. The van der Waals surface area contributed by atoms with Gasteiger partial charge in [0.05, 0.1) is 7.11 Å². The Balaban J connectivity index is 2.18. The van der Waals surface area contributed by atoms with Gasteiger partial charge in [-0.05, 0) is 31.2 Å². The maximum absolute atomic E-state index is 11.7. The van der Waals surface area contributed by atoms with Crippen molar-refractivity contribution >= 4 is 11.6 Å². The van der Waals surface area contributed by atoms with Crippen LogP contribution in [0.3, 0.4) is 0 Å². The van der Waals surface area contributed by atoms with E-state index in [9.17, 15) is 4.79 Å². The van der Waals surface area contributed by atoms with Gasteiger partial charge < -0.3 is 9.15 Å². The zero-order chi connectivity index (χ0) is 13.4. The van der Waals surface area contributed by atoms with E-state index in [4.69, 9.17) is 9.15 Å². The minimum Gasteiger partial charge on any atom is -0.465 e. The molecular weight excluding hydrogens is 246 g/mol. The van der Waals surface area contributed by atoms with Crippen LogP contribution in [0.25, 0.3) is 17.2 Å². The monoisotopic (exact) mass is 257 g/mol. The van der Waals surface area contributed by atoms with E-state index in [0.717, 1.165) is 5.76 Å². The number of hydrogen-bond donors (Lipinski definition) is 0. The normalized spacial score (nSPS) is 10.8. The van der Waals surface area contributed by atoms with Crippen molar-refractivity contribution in [3.63, 3.8) is 0 Å². The molecule has 0 saturated heterocycles. The largest absolute Gasteiger partial charge is 0.465 e. The van der Waals surface area contributed by atoms with E-state index in [2.05, 4.69) is 10.1 Å². The molecule has 0 bridgehead atoms. The Morgan fingerprint density at radius 3 is 2.89 bits per heavy atom. The van der Waals surface area contributed by atoms with Gasteiger partial charge in [0.25, 0.3) is 0 Å². The summed E-state index contributed by atoms with van der Waals surface area (Å²) in [4.78, 5) is 16.0. The van der Waals surface area contributed by atoms with Crippen LogP contribution in [0.15, 0.2) is 34.9 Å². The molecule has 3 aromatic rings. The summed E-state index contributed by atoms with van der Waals surface area (Å²) in [5.74, 6) is 1.34. The highest BCUT2D eigenvalue weighted by atomic mass is 16.5. The highest BCUT2D eigenvalue weighted by molar-refractivity contribution is 5.95. The maximum atomic E-state index is 11.7. The van der Waals surface area contributed by atoms with E-state index in [1.807, 2.05) is 13.0 Å². The lowest BCUT2D eigenvalue weighted by Gasteiger charge is -1.98. The zero-order valence-corrected chi connectivity index (χ0v) is 10.5. The molecule has 0 spiro atoms. The molecular formula is C13H11N3O3. The van der Waals surface area contributed by atoms with E-state index < -0.39 is 5.97 Å². The molecule has 3 heterocycles. The van der Waals surface area contributed by atoms with Crippen LogP contribution in [0.1, 0.15) is 16.1 Å². The number of nitrogens with zero attached hydrogens (tertiary/aromatic N) is 3. The Hall–Kier alpha value is -2.63. The van der Waals surface area contributed by atoms with Crippen molar-refractivity contribution in [3.8, 4) is 11.6 Å². The molecule has 0 N–H and O–H groups in total. The van der Waals surface area contributed by atoms with Gasteiger partial charge in [-0.1, -0.05) is 0 Å². The van der Waals surface area contributed by atoms with Crippen molar-refractivity contribution < 1.29 is 13.9 Å². The first kappa shape index (κ1) is 11.5. The van der Waals surface area contributed by atoms with E-state index in [1.165, 1.54) is 11.6 Å². The fourth-order valence-corrected chi connectivity index (χ4v) is 1.83. The molecule has 3 aromatic heterocycles. The highest BCUT2D eigenvalue weighted by Gasteiger charge is 2.16. The second-order valence-corrected chi connectivity index (χ2v) is 4.03. The number of furan rings is 1. The molecule has 6 heteroatoms. The zero-order valence-electron chi connectivity index (χ0n) is 10.5. The van der Waals surface area contributed by atoms with Crippen LogP contribution in [0.2, 0.25) is 0 Å². The van der Waals surface area contributed by atoms with Crippen LogP contribution < -0.4 is 0 Å². The molecule has 3 rings (SSSR count). The summed E-state index contributed by atoms with van der Waals surface area (Å²) < 4.78 is 11.7. The van der Waals surface area contributed by atoms with E-state index >= 15 is 0 Å². The molecule has 96 valence electrons. The Bertz CT molecular complexity index is 757. The van der Waals surface area contributed by atoms with Crippen LogP contribution in [0.5, 0.6) is 0 Å². The number of ether oxygens (including phenoxy) is 1. The van der Waals surface area contributed by atoms with Crippen LogP contribution in [-0.2, 0) is 4.74 Å². The molecule has 0 aliphatic carbocycles. The summed E-state index contributed by atoms with van der Waals surface area (Å²) in [6, 6.07) is 6.99. The van der Waals surface area contributed by atoms with Crippen LogP contribution in [0.4, 0.5) is 0 Å². The fraction of sp³-hybridized carbons (Fsp3) is 0.154. The third kappa shape index (κ3) is 1.87. The first-order valence-electron chi connectivity index (χ1n) is 5.69. The van der Waals surface area contributed by atoms with E-state index in [1.54, 1.807) is 24.4 Å². The SMILES string of the molecule is COC(=O)c1cccn2nc(-c3ccc(C)o3)nc12. The molecule has 0 amide bonds. The molecule has 0 aliphatic heterocycles. The van der Waals surface area contributed by atoms with Gasteiger partial charge in [0, 0.05) is 6.20 Å².